The molecule has 2 nitrogen and oxygen atoms in total. The maximum atomic E-state index is 5.58. The highest BCUT2D eigenvalue weighted by Gasteiger charge is 2.12. The normalized spacial score (nSPS) is 12.0. The van der Waals surface area contributed by atoms with E-state index in [0.29, 0.717) is 6.04 Å². The van der Waals surface area contributed by atoms with Gasteiger partial charge < -0.3 is 5.73 Å². The van der Waals surface area contributed by atoms with Crippen molar-refractivity contribution >= 4 is 0 Å². The van der Waals surface area contributed by atoms with E-state index in [4.69, 9.17) is 5.73 Å². The summed E-state index contributed by atoms with van der Waals surface area (Å²) in [6.07, 6.45) is 2.56. The second-order valence-corrected chi connectivity index (χ2v) is 4.06. The molecule has 0 aliphatic carbocycles. The number of nitrogens with two attached hydrogens (primary N) is 1. The monoisotopic (exact) mass is 186 g/mol. The number of hydrogen-bond acceptors (Lipinski definition) is 2. The molecule has 0 rings (SSSR count). The second-order valence-electron chi connectivity index (χ2n) is 4.06. The van der Waals surface area contributed by atoms with Crippen molar-refractivity contribution < 1.29 is 0 Å². The highest BCUT2D eigenvalue weighted by Crippen LogP contribution is 2.11. The Morgan fingerprint density at radius 3 is 2.00 bits per heavy atom. The molecular weight excluding hydrogens is 160 g/mol. The lowest BCUT2D eigenvalue weighted by Gasteiger charge is -2.29. The second kappa shape index (κ2) is 7.34. The first-order chi connectivity index (χ1) is 6.15. The third kappa shape index (κ3) is 5.27. The van der Waals surface area contributed by atoms with Crippen LogP contribution < -0.4 is 5.73 Å². The Labute approximate surface area is 83.5 Å². The van der Waals surface area contributed by atoms with Crippen molar-refractivity contribution in [1.29, 1.82) is 0 Å². The van der Waals surface area contributed by atoms with Gasteiger partial charge in [0.05, 0.1) is 0 Å². The SMILES string of the molecule is CCC(CC)CN(CCN)C(C)C. The topological polar surface area (TPSA) is 29.3 Å². The number of nitrogens with zero attached hydrogens (tertiary/aromatic N) is 1. The molecule has 0 aliphatic rings. The lowest BCUT2D eigenvalue weighted by Crippen LogP contribution is -2.38. The zero-order valence-electron chi connectivity index (χ0n) is 9.71. The van der Waals surface area contributed by atoms with Gasteiger partial charge in [-0.05, 0) is 19.8 Å². The minimum atomic E-state index is 0.629. The van der Waals surface area contributed by atoms with E-state index in [-0.39, 0.29) is 0 Å². The number of rotatable bonds is 7. The van der Waals surface area contributed by atoms with Crippen LogP contribution in [-0.4, -0.2) is 30.6 Å². The molecule has 0 radical (unpaired) electrons. The van der Waals surface area contributed by atoms with Gasteiger partial charge in [0.2, 0.25) is 0 Å². The van der Waals surface area contributed by atoms with Crippen molar-refractivity contribution in [2.45, 2.75) is 46.6 Å². The third-order valence-corrected chi connectivity index (χ3v) is 2.79. The fourth-order valence-corrected chi connectivity index (χ4v) is 1.60. The third-order valence-electron chi connectivity index (χ3n) is 2.79. The molecule has 0 aromatic carbocycles. The lowest BCUT2D eigenvalue weighted by atomic mass is 10.0. The van der Waals surface area contributed by atoms with E-state index in [1.54, 1.807) is 0 Å². The van der Waals surface area contributed by atoms with Crippen LogP contribution in [0.4, 0.5) is 0 Å². The molecule has 13 heavy (non-hydrogen) atoms. The minimum absolute atomic E-state index is 0.629. The van der Waals surface area contributed by atoms with Crippen LogP contribution in [0.3, 0.4) is 0 Å². The molecule has 0 spiro atoms. The van der Waals surface area contributed by atoms with Crippen LogP contribution in [0.15, 0.2) is 0 Å². The van der Waals surface area contributed by atoms with Crippen LogP contribution in [-0.2, 0) is 0 Å². The van der Waals surface area contributed by atoms with Gasteiger partial charge in [0, 0.05) is 25.7 Å². The maximum Gasteiger partial charge on any atom is 0.0107 e. The van der Waals surface area contributed by atoms with Gasteiger partial charge in [0.1, 0.15) is 0 Å². The Morgan fingerprint density at radius 2 is 1.69 bits per heavy atom. The summed E-state index contributed by atoms with van der Waals surface area (Å²) in [4.78, 5) is 2.48. The Morgan fingerprint density at radius 1 is 1.15 bits per heavy atom. The maximum absolute atomic E-state index is 5.58. The Hall–Kier alpha value is -0.0800. The number of hydrogen-bond donors (Lipinski definition) is 1. The van der Waals surface area contributed by atoms with E-state index in [0.717, 1.165) is 19.0 Å². The van der Waals surface area contributed by atoms with Gasteiger partial charge in [-0.3, -0.25) is 4.90 Å². The fraction of sp³-hybridized carbons (Fsp3) is 1.00. The lowest BCUT2D eigenvalue weighted by molar-refractivity contribution is 0.187. The Balaban J connectivity index is 3.91. The quantitative estimate of drug-likeness (QED) is 0.659. The van der Waals surface area contributed by atoms with Crippen molar-refractivity contribution in [3.63, 3.8) is 0 Å². The van der Waals surface area contributed by atoms with E-state index < -0.39 is 0 Å². The molecule has 2 heteroatoms. The molecule has 0 heterocycles. The van der Waals surface area contributed by atoms with Crippen LogP contribution in [0.1, 0.15) is 40.5 Å². The molecule has 0 amide bonds. The first-order valence-corrected chi connectivity index (χ1v) is 5.59. The van der Waals surface area contributed by atoms with E-state index in [9.17, 15) is 0 Å². The molecule has 0 fully saturated rings. The van der Waals surface area contributed by atoms with Crippen LogP contribution in [0.5, 0.6) is 0 Å². The van der Waals surface area contributed by atoms with Crippen molar-refractivity contribution in [3.8, 4) is 0 Å². The van der Waals surface area contributed by atoms with Gasteiger partial charge in [-0.2, -0.15) is 0 Å². The molecule has 0 aromatic rings. The molecule has 0 atom stereocenters. The first kappa shape index (κ1) is 12.9. The standard InChI is InChI=1S/C11H26N2/c1-5-11(6-2)9-13(8-7-12)10(3)4/h10-11H,5-9,12H2,1-4H3. The molecule has 0 bridgehead atoms. The molecule has 0 aliphatic heterocycles. The molecule has 0 saturated heterocycles. The molecule has 2 N–H and O–H groups in total. The van der Waals surface area contributed by atoms with Crippen molar-refractivity contribution in [1.82, 2.24) is 4.90 Å². The van der Waals surface area contributed by atoms with Gasteiger partial charge in [-0.15, -0.1) is 0 Å². The van der Waals surface area contributed by atoms with Crippen molar-refractivity contribution in [3.05, 3.63) is 0 Å². The van der Waals surface area contributed by atoms with E-state index >= 15 is 0 Å². The molecule has 0 unspecified atom stereocenters. The summed E-state index contributed by atoms with van der Waals surface area (Å²) in [5.74, 6) is 0.842. The molecule has 0 aromatic heterocycles. The first-order valence-electron chi connectivity index (χ1n) is 5.59. The highest BCUT2D eigenvalue weighted by atomic mass is 15.1. The zero-order valence-corrected chi connectivity index (χ0v) is 9.71. The zero-order chi connectivity index (χ0) is 10.3. The van der Waals surface area contributed by atoms with Crippen LogP contribution in [0.25, 0.3) is 0 Å². The van der Waals surface area contributed by atoms with Gasteiger partial charge >= 0.3 is 0 Å². The summed E-state index contributed by atoms with van der Waals surface area (Å²) in [7, 11) is 0. The Bertz CT molecular complexity index is 109. The minimum Gasteiger partial charge on any atom is -0.329 e. The van der Waals surface area contributed by atoms with Crippen LogP contribution in [0.2, 0.25) is 0 Å². The summed E-state index contributed by atoms with van der Waals surface area (Å²) in [5, 5.41) is 0. The predicted octanol–water partition coefficient (Wildman–Crippen LogP) is 2.09. The fourth-order valence-electron chi connectivity index (χ4n) is 1.60. The van der Waals surface area contributed by atoms with Gasteiger partial charge in [-0.25, -0.2) is 0 Å². The van der Waals surface area contributed by atoms with E-state index in [1.807, 2.05) is 0 Å². The van der Waals surface area contributed by atoms with Gasteiger partial charge in [-0.1, -0.05) is 26.7 Å². The molecule has 0 saturated carbocycles. The predicted molar refractivity (Wildman–Crippen MR) is 59.8 cm³/mol. The smallest absolute Gasteiger partial charge is 0.0107 e. The average Bonchev–Trinajstić information content (AvgIpc) is 2.11. The molecular formula is C11H26N2. The van der Waals surface area contributed by atoms with Crippen molar-refractivity contribution in [2.24, 2.45) is 11.7 Å². The summed E-state index contributed by atoms with van der Waals surface area (Å²) in [5.41, 5.74) is 5.58. The van der Waals surface area contributed by atoms with Crippen molar-refractivity contribution in [2.75, 3.05) is 19.6 Å². The van der Waals surface area contributed by atoms with E-state index in [1.165, 1.54) is 19.4 Å². The summed E-state index contributed by atoms with van der Waals surface area (Å²) < 4.78 is 0. The average molecular weight is 186 g/mol. The van der Waals surface area contributed by atoms with Gasteiger partial charge in [0.15, 0.2) is 0 Å². The summed E-state index contributed by atoms with van der Waals surface area (Å²) in [6, 6.07) is 0.629. The van der Waals surface area contributed by atoms with Crippen LogP contribution in [0, 0.1) is 5.92 Å². The van der Waals surface area contributed by atoms with E-state index in [2.05, 4.69) is 32.6 Å². The van der Waals surface area contributed by atoms with Gasteiger partial charge in [0.25, 0.3) is 0 Å². The van der Waals surface area contributed by atoms with Crippen LogP contribution >= 0.6 is 0 Å². The largest absolute Gasteiger partial charge is 0.329 e. The Kier molecular flexibility index (Phi) is 7.29. The molecule has 80 valence electrons. The highest BCUT2D eigenvalue weighted by molar-refractivity contribution is 4.67. The summed E-state index contributed by atoms with van der Waals surface area (Å²) in [6.45, 7) is 12.1. The summed E-state index contributed by atoms with van der Waals surface area (Å²) >= 11 is 0.